The van der Waals surface area contributed by atoms with Gasteiger partial charge in [0.15, 0.2) is 0 Å². The third kappa shape index (κ3) is 11.2. The molecule has 5 nitrogen and oxygen atoms in total. The molecule has 3 rings (SSSR count). The highest BCUT2D eigenvalue weighted by Gasteiger charge is 2.10. The number of esters is 1. The fourth-order valence-corrected chi connectivity index (χ4v) is 4.33. The Kier molecular flexibility index (Phi) is 13.5. The number of rotatable bonds is 18. The molecule has 0 aliphatic heterocycles. The van der Waals surface area contributed by atoms with Gasteiger partial charge in [-0.3, -0.25) is 9.97 Å². The molecular weight excluding hydrogens is 484 g/mol. The maximum absolute atomic E-state index is 12.6. The van der Waals surface area contributed by atoms with Crippen LogP contribution >= 0.6 is 0 Å². The van der Waals surface area contributed by atoms with Crippen molar-refractivity contribution in [3.05, 3.63) is 72.2 Å². The van der Waals surface area contributed by atoms with Crippen molar-refractivity contribution in [3.63, 3.8) is 0 Å². The van der Waals surface area contributed by atoms with E-state index >= 15 is 0 Å². The van der Waals surface area contributed by atoms with Crippen molar-refractivity contribution in [1.29, 1.82) is 0 Å². The zero-order valence-electron chi connectivity index (χ0n) is 24.2. The molecule has 5 heteroatoms. The summed E-state index contributed by atoms with van der Waals surface area (Å²) < 4.78 is 11.3. The van der Waals surface area contributed by atoms with Crippen LogP contribution in [0.4, 0.5) is 0 Å². The molecule has 3 aromatic rings. The first-order valence-corrected chi connectivity index (χ1v) is 15.0. The lowest BCUT2D eigenvalue weighted by atomic mass is 10.1. The van der Waals surface area contributed by atoms with Crippen molar-refractivity contribution in [1.82, 2.24) is 9.97 Å². The van der Waals surface area contributed by atoms with Gasteiger partial charge in [0.05, 0.1) is 29.8 Å². The van der Waals surface area contributed by atoms with E-state index in [1.54, 1.807) is 24.3 Å². The number of carbonyl (C=O) groups is 1. The summed E-state index contributed by atoms with van der Waals surface area (Å²) in [5.41, 5.74) is 3.25. The second kappa shape index (κ2) is 17.4. The average molecular weight is 531 g/mol. The predicted molar refractivity (Wildman–Crippen MR) is 159 cm³/mol. The Morgan fingerprint density at radius 2 is 1.36 bits per heavy atom. The zero-order chi connectivity index (χ0) is 27.7. The molecule has 2 aromatic carbocycles. The maximum atomic E-state index is 12.6. The fourth-order valence-electron chi connectivity index (χ4n) is 4.33. The van der Waals surface area contributed by atoms with Crippen LogP contribution in [0.2, 0.25) is 0 Å². The summed E-state index contributed by atoms with van der Waals surface area (Å²) in [5, 5.41) is 0. The number of hydrogen-bond donors (Lipinski definition) is 0. The largest absolute Gasteiger partial charge is 0.493 e. The van der Waals surface area contributed by atoms with E-state index in [2.05, 4.69) is 30.7 Å². The fraction of sp³-hybridized carbons (Fsp3) is 0.500. The Morgan fingerprint density at radius 1 is 0.744 bits per heavy atom. The van der Waals surface area contributed by atoms with Crippen LogP contribution in [0.3, 0.4) is 0 Å². The molecule has 0 bridgehead atoms. The molecule has 210 valence electrons. The first-order valence-electron chi connectivity index (χ1n) is 15.0. The number of carbonyl (C=O) groups excluding carboxylic acids is 1. The zero-order valence-corrected chi connectivity index (χ0v) is 24.2. The average Bonchev–Trinajstić information content (AvgIpc) is 2.98. The summed E-state index contributed by atoms with van der Waals surface area (Å²) in [6, 6.07) is 14.5. The number of aryl methyl sites for hydroxylation is 1. The molecule has 1 heterocycles. The van der Waals surface area contributed by atoms with Gasteiger partial charge >= 0.3 is 5.97 Å². The lowest BCUT2D eigenvalue weighted by molar-refractivity contribution is 0.0734. The highest BCUT2D eigenvalue weighted by atomic mass is 16.5. The normalized spacial score (nSPS) is 11.8. The van der Waals surface area contributed by atoms with E-state index in [1.165, 1.54) is 57.8 Å². The first-order chi connectivity index (χ1) is 19.1. The third-order valence-electron chi connectivity index (χ3n) is 7.17. The number of ether oxygens (including phenoxy) is 2. The summed E-state index contributed by atoms with van der Waals surface area (Å²) in [7, 11) is 0. The Bertz CT molecular complexity index is 1080. The van der Waals surface area contributed by atoms with Crippen molar-refractivity contribution in [2.24, 2.45) is 5.92 Å². The van der Waals surface area contributed by atoms with E-state index in [1.807, 2.05) is 36.7 Å². The van der Waals surface area contributed by atoms with E-state index in [0.717, 1.165) is 42.0 Å². The number of aromatic nitrogens is 2. The van der Waals surface area contributed by atoms with Gasteiger partial charge in [0.25, 0.3) is 0 Å². The number of benzene rings is 2. The number of hydrogen-bond acceptors (Lipinski definition) is 5. The molecule has 39 heavy (non-hydrogen) atoms. The molecule has 0 saturated carbocycles. The lowest BCUT2D eigenvalue weighted by Crippen LogP contribution is -2.09. The molecule has 0 aliphatic carbocycles. The summed E-state index contributed by atoms with van der Waals surface area (Å²) in [5.74, 6) is 1.37. The van der Waals surface area contributed by atoms with Gasteiger partial charge in [0.2, 0.25) is 0 Å². The van der Waals surface area contributed by atoms with E-state index in [0.29, 0.717) is 23.8 Å². The van der Waals surface area contributed by atoms with Crippen LogP contribution in [0.5, 0.6) is 11.5 Å². The molecule has 1 aromatic heterocycles. The summed E-state index contributed by atoms with van der Waals surface area (Å²) in [4.78, 5) is 21.8. The molecule has 0 amide bonds. The SMILES string of the molecule is CCCCCCCCCCCCc1cnc(-c2ccc(C(=O)Oc3ccc(OC[C@@H](C)CC)cc3)cc2)cn1. The molecule has 0 spiro atoms. The Labute approximate surface area is 235 Å². The van der Waals surface area contributed by atoms with E-state index < -0.39 is 5.97 Å². The van der Waals surface area contributed by atoms with Gasteiger partial charge in [0, 0.05) is 11.8 Å². The summed E-state index contributed by atoms with van der Waals surface area (Å²) in [6.07, 6.45) is 19.1. The smallest absolute Gasteiger partial charge is 0.343 e. The van der Waals surface area contributed by atoms with Gasteiger partial charge in [-0.15, -0.1) is 0 Å². The van der Waals surface area contributed by atoms with E-state index in [4.69, 9.17) is 9.47 Å². The quantitative estimate of drug-likeness (QED) is 0.0931. The highest BCUT2D eigenvalue weighted by Crippen LogP contribution is 2.21. The number of unbranched alkanes of at least 4 members (excludes halogenated alkanes) is 9. The minimum atomic E-state index is -0.396. The monoisotopic (exact) mass is 530 g/mol. The van der Waals surface area contributed by atoms with E-state index in [-0.39, 0.29) is 0 Å². The molecular formula is C34H46N2O3. The predicted octanol–water partition coefficient (Wildman–Crippen LogP) is 9.25. The van der Waals surface area contributed by atoms with Crippen LogP contribution in [0.25, 0.3) is 11.3 Å². The Balaban J connectivity index is 1.38. The van der Waals surface area contributed by atoms with Gasteiger partial charge in [-0.2, -0.15) is 0 Å². The van der Waals surface area contributed by atoms with Crippen LogP contribution in [0.15, 0.2) is 60.9 Å². The van der Waals surface area contributed by atoms with Crippen molar-refractivity contribution in [2.75, 3.05) is 6.61 Å². The van der Waals surface area contributed by atoms with Crippen LogP contribution in [0, 0.1) is 5.92 Å². The standard InChI is InChI=1S/C34H46N2O3/c1-4-6-7-8-9-10-11-12-13-14-15-30-24-36-33(25-35-30)28-16-18-29(19-17-28)34(37)39-32-22-20-31(21-23-32)38-26-27(3)5-2/h16-25,27H,4-15,26H2,1-3H3/t27-/m0/s1. The molecule has 0 unspecified atom stereocenters. The van der Waals surface area contributed by atoms with E-state index in [9.17, 15) is 4.79 Å². The maximum Gasteiger partial charge on any atom is 0.343 e. The van der Waals surface area contributed by atoms with Crippen LogP contribution in [0.1, 0.15) is 107 Å². The van der Waals surface area contributed by atoms with Crippen molar-refractivity contribution < 1.29 is 14.3 Å². The third-order valence-corrected chi connectivity index (χ3v) is 7.17. The van der Waals surface area contributed by atoms with Gasteiger partial charge < -0.3 is 9.47 Å². The topological polar surface area (TPSA) is 61.3 Å². The molecule has 0 N–H and O–H groups in total. The second-order valence-electron chi connectivity index (χ2n) is 10.6. The first kappa shape index (κ1) is 30.3. The van der Waals surface area contributed by atoms with Crippen LogP contribution in [-0.4, -0.2) is 22.5 Å². The Hall–Kier alpha value is -3.21. The highest BCUT2D eigenvalue weighted by molar-refractivity contribution is 5.91. The van der Waals surface area contributed by atoms with Gasteiger partial charge in [-0.1, -0.05) is 97.1 Å². The van der Waals surface area contributed by atoms with Crippen LogP contribution in [-0.2, 0) is 6.42 Å². The summed E-state index contributed by atoms with van der Waals surface area (Å²) in [6.45, 7) is 7.24. The van der Waals surface area contributed by atoms with Gasteiger partial charge in [-0.25, -0.2) is 4.79 Å². The lowest BCUT2D eigenvalue weighted by Gasteiger charge is -2.11. The minimum absolute atomic E-state index is 0.396. The summed E-state index contributed by atoms with van der Waals surface area (Å²) >= 11 is 0. The van der Waals surface area contributed by atoms with Crippen molar-refractivity contribution >= 4 is 5.97 Å². The van der Waals surface area contributed by atoms with Gasteiger partial charge in [-0.05, 0) is 55.2 Å². The van der Waals surface area contributed by atoms with Crippen LogP contribution < -0.4 is 9.47 Å². The molecule has 0 fully saturated rings. The van der Waals surface area contributed by atoms with Gasteiger partial charge in [0.1, 0.15) is 11.5 Å². The minimum Gasteiger partial charge on any atom is -0.493 e. The molecule has 0 saturated heterocycles. The molecule has 0 radical (unpaired) electrons. The Morgan fingerprint density at radius 3 is 1.95 bits per heavy atom. The van der Waals surface area contributed by atoms with Crippen molar-refractivity contribution in [3.8, 4) is 22.8 Å². The van der Waals surface area contributed by atoms with Crippen molar-refractivity contribution in [2.45, 2.75) is 97.8 Å². The molecule has 0 aliphatic rings. The molecule has 1 atom stereocenters. The second-order valence-corrected chi connectivity index (χ2v) is 10.6. The number of nitrogens with zero attached hydrogens (tertiary/aromatic N) is 2.